The van der Waals surface area contributed by atoms with E-state index in [4.69, 9.17) is 10.7 Å². The highest BCUT2D eigenvalue weighted by atomic mass is 15.2. The molecule has 0 bridgehead atoms. The summed E-state index contributed by atoms with van der Waals surface area (Å²) in [5, 5.41) is 0. The number of imidazole rings is 1. The average molecular weight is 272 g/mol. The van der Waals surface area contributed by atoms with Crippen molar-refractivity contribution in [2.75, 3.05) is 0 Å². The van der Waals surface area contributed by atoms with Gasteiger partial charge in [0.1, 0.15) is 11.3 Å². The summed E-state index contributed by atoms with van der Waals surface area (Å²) in [5.74, 6) is 1.12. The number of aromatic nitrogens is 3. The molecule has 1 aliphatic rings. The lowest BCUT2D eigenvalue weighted by Gasteiger charge is -2.34. The van der Waals surface area contributed by atoms with E-state index in [1.807, 2.05) is 12.4 Å². The maximum Gasteiger partial charge on any atom is 0.117 e. The van der Waals surface area contributed by atoms with E-state index in [1.54, 1.807) is 0 Å². The summed E-state index contributed by atoms with van der Waals surface area (Å²) in [7, 11) is 0. The van der Waals surface area contributed by atoms with E-state index < -0.39 is 0 Å². The van der Waals surface area contributed by atoms with Gasteiger partial charge in [0.2, 0.25) is 0 Å². The molecule has 2 heterocycles. The number of fused-ring (bicyclic) bond motifs is 1. The minimum atomic E-state index is -0.0354. The summed E-state index contributed by atoms with van der Waals surface area (Å²) >= 11 is 0. The largest absolute Gasteiger partial charge is 0.327 e. The van der Waals surface area contributed by atoms with Gasteiger partial charge in [-0.05, 0) is 39.7 Å². The third kappa shape index (κ3) is 1.85. The van der Waals surface area contributed by atoms with Crippen LogP contribution in [0.5, 0.6) is 0 Å². The number of hydrogen-bond donors (Lipinski definition) is 1. The Kier molecular flexibility index (Phi) is 2.91. The van der Waals surface area contributed by atoms with E-state index in [9.17, 15) is 0 Å². The van der Waals surface area contributed by atoms with Crippen LogP contribution >= 0.6 is 0 Å². The van der Waals surface area contributed by atoms with Gasteiger partial charge in [-0.25, -0.2) is 4.98 Å². The van der Waals surface area contributed by atoms with Crippen LogP contribution < -0.4 is 5.73 Å². The Hall–Kier alpha value is -1.42. The lowest BCUT2D eigenvalue weighted by Crippen LogP contribution is -2.42. The van der Waals surface area contributed by atoms with Crippen molar-refractivity contribution >= 4 is 11.0 Å². The first-order valence-electron chi connectivity index (χ1n) is 7.43. The van der Waals surface area contributed by atoms with Crippen LogP contribution in [0.2, 0.25) is 0 Å². The second kappa shape index (κ2) is 4.29. The molecule has 0 spiro atoms. The first-order chi connectivity index (χ1) is 9.34. The zero-order valence-corrected chi connectivity index (χ0v) is 12.8. The molecular formula is C16H24N4. The van der Waals surface area contributed by atoms with Gasteiger partial charge in [0.05, 0.1) is 11.7 Å². The van der Waals surface area contributed by atoms with E-state index in [0.29, 0.717) is 0 Å². The normalized spacial score (nSPS) is 27.4. The van der Waals surface area contributed by atoms with Gasteiger partial charge >= 0.3 is 0 Å². The average Bonchev–Trinajstić information content (AvgIpc) is 2.91. The Balaban J connectivity index is 2.30. The van der Waals surface area contributed by atoms with Crippen molar-refractivity contribution in [1.29, 1.82) is 0 Å². The second-order valence-electron chi connectivity index (χ2n) is 7.22. The quantitative estimate of drug-likeness (QED) is 0.868. The molecule has 4 heteroatoms. The third-order valence-electron chi connectivity index (χ3n) is 4.67. The van der Waals surface area contributed by atoms with Crippen molar-refractivity contribution in [3.63, 3.8) is 0 Å². The van der Waals surface area contributed by atoms with Crippen LogP contribution in [0.1, 0.15) is 52.8 Å². The number of rotatable bonds is 1. The maximum absolute atomic E-state index is 6.41. The Morgan fingerprint density at radius 2 is 2.15 bits per heavy atom. The molecule has 1 fully saturated rings. The topological polar surface area (TPSA) is 56.7 Å². The number of pyridine rings is 1. The summed E-state index contributed by atoms with van der Waals surface area (Å²) in [6.07, 6.45) is 7.07. The van der Waals surface area contributed by atoms with Gasteiger partial charge in [-0.2, -0.15) is 0 Å². The van der Waals surface area contributed by atoms with Crippen LogP contribution in [-0.2, 0) is 11.0 Å². The van der Waals surface area contributed by atoms with E-state index >= 15 is 0 Å². The molecule has 0 amide bonds. The smallest absolute Gasteiger partial charge is 0.117 e. The number of nitrogens with two attached hydrogens (primary N) is 1. The minimum Gasteiger partial charge on any atom is -0.327 e. The van der Waals surface area contributed by atoms with Crippen molar-refractivity contribution in [2.45, 2.75) is 64.0 Å². The molecule has 2 aromatic heterocycles. The van der Waals surface area contributed by atoms with Crippen molar-refractivity contribution in [3.8, 4) is 0 Å². The molecular weight excluding hydrogens is 248 g/mol. The predicted molar refractivity (Wildman–Crippen MR) is 81.7 cm³/mol. The standard InChI is InChI=1S/C16H24N4/c1-15(2,3)20-12-7-9-18-10-11(12)19-14(20)16(4)8-5-6-13(16)17/h7,9-10,13H,5-6,8,17H2,1-4H3. The zero-order valence-electron chi connectivity index (χ0n) is 12.8. The molecule has 2 atom stereocenters. The zero-order chi connectivity index (χ0) is 14.5. The highest BCUT2D eigenvalue weighted by molar-refractivity contribution is 5.75. The summed E-state index contributed by atoms with van der Waals surface area (Å²) in [4.78, 5) is 9.11. The van der Waals surface area contributed by atoms with Gasteiger partial charge in [0.15, 0.2) is 0 Å². The molecule has 1 aliphatic carbocycles. The minimum absolute atomic E-state index is 0.0171. The number of nitrogens with zero attached hydrogens (tertiary/aromatic N) is 3. The van der Waals surface area contributed by atoms with Gasteiger partial charge in [-0.15, -0.1) is 0 Å². The van der Waals surface area contributed by atoms with Crippen LogP contribution in [0.4, 0.5) is 0 Å². The Bertz CT molecular complexity index is 637. The highest BCUT2D eigenvalue weighted by Gasteiger charge is 2.43. The molecule has 0 aromatic carbocycles. The van der Waals surface area contributed by atoms with Gasteiger partial charge in [0.25, 0.3) is 0 Å². The lowest BCUT2D eigenvalue weighted by molar-refractivity contribution is 0.327. The van der Waals surface area contributed by atoms with Crippen molar-refractivity contribution in [2.24, 2.45) is 5.73 Å². The van der Waals surface area contributed by atoms with Gasteiger partial charge in [-0.1, -0.05) is 13.3 Å². The SMILES string of the molecule is CC1(c2nc3cnccc3n2C(C)(C)C)CCCC1N. The molecule has 3 rings (SSSR count). The lowest BCUT2D eigenvalue weighted by atomic mass is 9.83. The molecule has 0 radical (unpaired) electrons. The van der Waals surface area contributed by atoms with Crippen LogP contribution in [0.25, 0.3) is 11.0 Å². The molecule has 2 unspecified atom stereocenters. The fraction of sp³-hybridized carbons (Fsp3) is 0.625. The van der Waals surface area contributed by atoms with E-state index in [2.05, 4.69) is 43.3 Å². The molecule has 0 saturated heterocycles. The monoisotopic (exact) mass is 272 g/mol. The molecule has 2 N–H and O–H groups in total. The Morgan fingerprint density at radius 1 is 1.40 bits per heavy atom. The number of hydrogen-bond acceptors (Lipinski definition) is 3. The van der Waals surface area contributed by atoms with Crippen LogP contribution in [-0.4, -0.2) is 20.6 Å². The fourth-order valence-corrected chi connectivity index (χ4v) is 3.47. The summed E-state index contributed by atoms with van der Waals surface area (Å²) in [6.45, 7) is 8.94. The first kappa shape index (κ1) is 13.6. The Labute approximate surface area is 120 Å². The van der Waals surface area contributed by atoms with Crippen LogP contribution in [0.15, 0.2) is 18.5 Å². The molecule has 4 nitrogen and oxygen atoms in total. The van der Waals surface area contributed by atoms with Gasteiger partial charge in [0, 0.05) is 23.2 Å². The molecule has 108 valence electrons. The molecule has 20 heavy (non-hydrogen) atoms. The molecule has 0 aliphatic heterocycles. The third-order valence-corrected chi connectivity index (χ3v) is 4.67. The second-order valence-corrected chi connectivity index (χ2v) is 7.22. The van der Waals surface area contributed by atoms with E-state index in [1.165, 1.54) is 6.42 Å². The van der Waals surface area contributed by atoms with Crippen molar-refractivity contribution < 1.29 is 0 Å². The van der Waals surface area contributed by atoms with Crippen molar-refractivity contribution in [3.05, 3.63) is 24.3 Å². The van der Waals surface area contributed by atoms with Crippen molar-refractivity contribution in [1.82, 2.24) is 14.5 Å². The Morgan fingerprint density at radius 3 is 2.75 bits per heavy atom. The van der Waals surface area contributed by atoms with Crippen LogP contribution in [0.3, 0.4) is 0 Å². The first-order valence-corrected chi connectivity index (χ1v) is 7.43. The van der Waals surface area contributed by atoms with Gasteiger partial charge < -0.3 is 10.3 Å². The predicted octanol–water partition coefficient (Wildman–Crippen LogP) is 2.96. The fourth-order valence-electron chi connectivity index (χ4n) is 3.47. The summed E-state index contributed by atoms with van der Waals surface area (Å²) in [5.41, 5.74) is 8.48. The van der Waals surface area contributed by atoms with E-state index in [-0.39, 0.29) is 17.0 Å². The summed E-state index contributed by atoms with van der Waals surface area (Å²) < 4.78 is 2.36. The molecule has 1 saturated carbocycles. The van der Waals surface area contributed by atoms with Gasteiger partial charge in [-0.3, -0.25) is 4.98 Å². The highest BCUT2D eigenvalue weighted by Crippen LogP contribution is 2.42. The maximum atomic E-state index is 6.41. The van der Waals surface area contributed by atoms with Crippen LogP contribution in [0, 0.1) is 0 Å². The van der Waals surface area contributed by atoms with E-state index in [0.717, 1.165) is 29.7 Å². The molecule has 2 aromatic rings. The summed E-state index contributed by atoms with van der Waals surface area (Å²) in [6, 6.07) is 2.24.